The van der Waals surface area contributed by atoms with Crippen LogP contribution in [0.15, 0.2) is 121 Å². The number of hydrogen-bond acceptors (Lipinski definition) is 8. The van der Waals surface area contributed by atoms with Crippen molar-refractivity contribution in [2.45, 2.75) is 81.8 Å². The van der Waals surface area contributed by atoms with E-state index in [1.165, 1.54) is 0 Å². The van der Waals surface area contributed by atoms with Crippen LogP contribution < -0.4 is 20.7 Å². The number of fused-ring (bicyclic) bond motifs is 1. The molecule has 64 heavy (non-hydrogen) atoms. The van der Waals surface area contributed by atoms with Crippen LogP contribution >= 0.6 is 7.37 Å². The number of carboxylic acid groups (broad SMARTS) is 1. The van der Waals surface area contributed by atoms with Gasteiger partial charge in [0.15, 0.2) is 0 Å². The Morgan fingerprint density at radius 1 is 0.812 bits per heavy atom. The van der Waals surface area contributed by atoms with Gasteiger partial charge < -0.3 is 35.7 Å². The van der Waals surface area contributed by atoms with E-state index in [4.69, 9.17) is 4.74 Å². The third kappa shape index (κ3) is 12.9. The minimum absolute atomic E-state index is 0.0250. The van der Waals surface area contributed by atoms with Crippen LogP contribution in [0.4, 0.5) is 4.79 Å². The first-order valence-electron chi connectivity index (χ1n) is 21.4. The van der Waals surface area contributed by atoms with E-state index in [2.05, 4.69) is 25.7 Å². The molecule has 0 saturated heterocycles. The molecule has 0 spiro atoms. The number of nitrogens with one attached hydrogen (secondary N) is 5. The number of aromatic amines is 1. The average molecular weight is 914 g/mol. The lowest BCUT2D eigenvalue weighted by molar-refractivity contribution is -0.143. The summed E-state index contributed by atoms with van der Waals surface area (Å²) in [5, 5.41) is 19.3. The summed E-state index contributed by atoms with van der Waals surface area (Å²) in [6.45, 7) is 0.255. The summed E-state index contributed by atoms with van der Waals surface area (Å²) in [5.41, 5.74) is 2.02. The van der Waals surface area contributed by atoms with Gasteiger partial charge in [-0.05, 0) is 60.4 Å². The van der Waals surface area contributed by atoms with Gasteiger partial charge in [-0.25, -0.2) is 22.7 Å². The van der Waals surface area contributed by atoms with Crippen molar-refractivity contribution >= 4 is 52.2 Å². The lowest BCUT2D eigenvalue weighted by atomic mass is 9.87. The molecule has 6 rings (SSSR count). The van der Waals surface area contributed by atoms with Gasteiger partial charge in [-0.1, -0.05) is 122 Å². The number of para-hydroxylation sites is 1. The zero-order valence-electron chi connectivity index (χ0n) is 35.7. The number of unbranched alkanes of at least 4 members (excludes halogenated alkanes) is 1. The molecule has 340 valence electrons. The molecule has 1 unspecified atom stereocenters. The van der Waals surface area contributed by atoms with Crippen molar-refractivity contribution in [3.05, 3.63) is 144 Å². The van der Waals surface area contributed by atoms with Crippen molar-refractivity contribution < 1.29 is 46.9 Å². The first-order valence-corrected chi connectivity index (χ1v) is 25.2. The molecule has 0 aliphatic heterocycles. The minimum atomic E-state index is -4.72. The number of aliphatic carboxylic acids is 1. The van der Waals surface area contributed by atoms with Crippen LogP contribution in [-0.2, 0) is 46.7 Å². The first kappa shape index (κ1) is 47.7. The maximum atomic E-state index is 15.4. The maximum absolute atomic E-state index is 15.4. The van der Waals surface area contributed by atoms with E-state index in [1.54, 1.807) is 66.9 Å². The number of benzene rings is 4. The van der Waals surface area contributed by atoms with Crippen molar-refractivity contribution in [1.82, 2.24) is 25.7 Å². The number of carbonyl (C=O) groups excluding carboxylic acids is 3. The van der Waals surface area contributed by atoms with E-state index in [0.717, 1.165) is 22.7 Å². The summed E-state index contributed by atoms with van der Waals surface area (Å²) in [7, 11) is -8.70. The van der Waals surface area contributed by atoms with E-state index >= 15 is 4.57 Å². The predicted molar refractivity (Wildman–Crippen MR) is 244 cm³/mol. The van der Waals surface area contributed by atoms with E-state index in [-0.39, 0.29) is 45.3 Å². The lowest BCUT2D eigenvalue weighted by Crippen LogP contribution is -2.53. The monoisotopic (exact) mass is 913 g/mol. The van der Waals surface area contributed by atoms with Gasteiger partial charge in [0.2, 0.25) is 29.2 Å². The molecule has 17 heteroatoms. The molecule has 1 aliphatic carbocycles. The van der Waals surface area contributed by atoms with E-state index in [9.17, 15) is 37.6 Å². The molecule has 0 radical (unpaired) electrons. The number of sulfonamides is 1. The fourth-order valence-corrected chi connectivity index (χ4v) is 12.0. The van der Waals surface area contributed by atoms with Crippen LogP contribution in [0.3, 0.4) is 0 Å². The van der Waals surface area contributed by atoms with Crippen molar-refractivity contribution in [2.24, 2.45) is 5.41 Å². The van der Waals surface area contributed by atoms with E-state index < -0.39 is 76.6 Å². The number of amides is 3. The highest BCUT2D eigenvalue weighted by Crippen LogP contribution is 2.58. The molecule has 7 N–H and O–H groups in total. The largest absolute Gasteiger partial charge is 0.480 e. The Morgan fingerprint density at radius 3 is 2.02 bits per heavy atom. The summed E-state index contributed by atoms with van der Waals surface area (Å²) in [5.74, 6) is -5.29. The van der Waals surface area contributed by atoms with Crippen molar-refractivity contribution in [2.75, 3.05) is 19.0 Å². The zero-order chi connectivity index (χ0) is 45.7. The fourth-order valence-electron chi connectivity index (χ4n) is 8.55. The molecule has 1 aromatic heterocycles. The average Bonchev–Trinajstić information content (AvgIpc) is 3.93. The molecule has 15 nitrogen and oxygen atoms in total. The van der Waals surface area contributed by atoms with E-state index in [0.29, 0.717) is 36.0 Å². The van der Waals surface area contributed by atoms with Gasteiger partial charge in [-0.15, -0.1) is 0 Å². The molecule has 1 fully saturated rings. The number of carboxylic acids is 1. The highest BCUT2D eigenvalue weighted by molar-refractivity contribution is 7.88. The molecule has 4 aromatic carbocycles. The van der Waals surface area contributed by atoms with E-state index in [1.807, 2.05) is 54.6 Å². The summed E-state index contributed by atoms with van der Waals surface area (Å²) < 4.78 is 48.4. The van der Waals surface area contributed by atoms with Crippen molar-refractivity contribution in [1.29, 1.82) is 0 Å². The standard InChI is InChI=1S/C47H56N5O10PS/c1-64(60,61)52-39(25-13-16-28-48-46(57)62-31-33-17-5-2-6-18-33)42(53)51-43(41(34-19-7-3-8-20-34)35-21-9-4-10-22-35)63(58,59)32-47(26-14-15-27-47)45(56)50-40(44(54)55)29-36-30-49-38-24-12-11-23-37(36)38/h2-12,17-24,30,39-41,43,49,52H,13-16,25-29,31-32H2,1H3,(H,48,57)(H,50,56)(H,51,53)(H,54,55)(H,58,59)/t39-,40-,43+/m0/s1. The number of aromatic nitrogens is 1. The third-order valence-corrected chi connectivity index (χ3v) is 14.8. The van der Waals surface area contributed by atoms with Crippen LogP contribution in [0.2, 0.25) is 0 Å². The van der Waals surface area contributed by atoms with Gasteiger partial charge in [0.1, 0.15) is 24.5 Å². The van der Waals surface area contributed by atoms with Crippen LogP contribution in [0.25, 0.3) is 10.9 Å². The molecule has 1 aliphatic rings. The summed E-state index contributed by atoms with van der Waals surface area (Å²) in [6.07, 6.45) is 3.46. The van der Waals surface area contributed by atoms with Crippen LogP contribution in [0.1, 0.15) is 73.1 Å². The van der Waals surface area contributed by atoms with Crippen LogP contribution in [0.5, 0.6) is 0 Å². The number of carbonyl (C=O) groups is 4. The Balaban J connectivity index is 1.25. The molecule has 3 amide bonds. The number of ether oxygens (including phenoxy) is 1. The van der Waals surface area contributed by atoms with Gasteiger partial charge in [0.05, 0.1) is 11.7 Å². The zero-order valence-corrected chi connectivity index (χ0v) is 37.4. The Kier molecular flexibility index (Phi) is 16.2. The van der Waals surface area contributed by atoms with Gasteiger partial charge in [0, 0.05) is 42.1 Å². The first-order chi connectivity index (χ1) is 30.6. The predicted octanol–water partition coefficient (Wildman–Crippen LogP) is 6.40. The van der Waals surface area contributed by atoms with Gasteiger partial charge in [-0.3, -0.25) is 14.2 Å². The minimum Gasteiger partial charge on any atom is -0.480 e. The van der Waals surface area contributed by atoms with Crippen LogP contribution in [0, 0.1) is 5.41 Å². The lowest BCUT2D eigenvalue weighted by Gasteiger charge is -2.38. The van der Waals surface area contributed by atoms with Crippen LogP contribution in [-0.4, -0.2) is 84.1 Å². The molecular formula is C47H56N5O10PS. The van der Waals surface area contributed by atoms with Crippen molar-refractivity contribution in [3.63, 3.8) is 0 Å². The topological polar surface area (TPSA) is 233 Å². The van der Waals surface area contributed by atoms with Gasteiger partial charge >= 0.3 is 12.1 Å². The summed E-state index contributed by atoms with van der Waals surface area (Å²) in [6, 6.07) is 31.5. The molecule has 0 bridgehead atoms. The van der Waals surface area contributed by atoms with Gasteiger partial charge in [0.25, 0.3) is 0 Å². The third-order valence-electron chi connectivity index (χ3n) is 11.7. The normalized spacial score (nSPS) is 16.0. The highest BCUT2D eigenvalue weighted by Gasteiger charge is 2.51. The number of hydrogen-bond donors (Lipinski definition) is 7. The molecule has 4 atom stereocenters. The quantitative estimate of drug-likeness (QED) is 0.0298. The second-order valence-corrected chi connectivity index (χ2v) is 20.7. The molecule has 1 saturated carbocycles. The Labute approximate surface area is 373 Å². The number of alkyl carbamates (subject to hydrolysis) is 1. The number of H-pyrrole nitrogens is 1. The molecule has 5 aromatic rings. The SMILES string of the molecule is CS(=O)(=O)N[C@@H](CCCCNC(=O)OCc1ccccc1)C(=O)N[C@@H](C(c1ccccc1)c1ccccc1)P(=O)(O)CC1(C(=O)N[C@@H](Cc2c[nH]c3ccccc23)C(=O)O)CCCC1. The van der Waals surface area contributed by atoms with Gasteiger partial charge in [-0.2, -0.15) is 0 Å². The van der Waals surface area contributed by atoms with Crippen molar-refractivity contribution in [3.8, 4) is 0 Å². The summed E-state index contributed by atoms with van der Waals surface area (Å²) >= 11 is 0. The Hall–Kier alpha value is -5.80. The second-order valence-electron chi connectivity index (χ2n) is 16.5. The second kappa shape index (κ2) is 21.7. The highest BCUT2D eigenvalue weighted by atomic mass is 32.2. The smallest absolute Gasteiger partial charge is 0.407 e. The summed E-state index contributed by atoms with van der Waals surface area (Å²) in [4.78, 5) is 69.6. The Morgan fingerprint density at radius 2 is 1.41 bits per heavy atom. The molecular weight excluding hydrogens is 858 g/mol. The Bertz CT molecular complexity index is 2480. The maximum Gasteiger partial charge on any atom is 0.407 e. The fraction of sp³-hybridized carbons (Fsp3) is 0.362. The number of rotatable bonds is 22. The molecule has 1 heterocycles.